The molecule has 3 aromatic rings. The smallest absolute Gasteiger partial charge is 0.237 e. The Morgan fingerprint density at radius 2 is 1.96 bits per heavy atom. The minimum atomic E-state index is -0.168. The third-order valence-corrected chi connectivity index (χ3v) is 6.55. The fraction of sp³-hybridized carbons (Fsp3) is 0.211. The van der Waals surface area contributed by atoms with Gasteiger partial charge in [0.2, 0.25) is 5.91 Å². The Morgan fingerprint density at radius 3 is 2.77 bits per heavy atom. The SMILES string of the molecule is COc1ccc(-c2nnc(S[C@H]3CCc4ccccc4NC3=O)s2)cc1. The average Bonchev–Trinajstić information content (AvgIpc) is 3.08. The molecule has 1 aliphatic rings. The number of hydrogen-bond acceptors (Lipinski definition) is 6. The van der Waals surface area contributed by atoms with Crippen molar-refractivity contribution in [2.24, 2.45) is 0 Å². The summed E-state index contributed by atoms with van der Waals surface area (Å²) in [7, 11) is 1.64. The van der Waals surface area contributed by atoms with E-state index in [1.165, 1.54) is 28.7 Å². The van der Waals surface area contributed by atoms with Crippen LogP contribution in [0.25, 0.3) is 10.6 Å². The second kappa shape index (κ2) is 7.47. The van der Waals surface area contributed by atoms with Crippen LogP contribution in [0.2, 0.25) is 0 Å². The van der Waals surface area contributed by atoms with Crippen LogP contribution >= 0.6 is 23.1 Å². The van der Waals surface area contributed by atoms with Gasteiger partial charge in [-0.1, -0.05) is 41.3 Å². The van der Waals surface area contributed by atoms with Crippen molar-refractivity contribution in [3.05, 3.63) is 54.1 Å². The first kappa shape index (κ1) is 17.1. The Balaban J connectivity index is 1.48. The molecule has 0 fully saturated rings. The van der Waals surface area contributed by atoms with Crippen molar-refractivity contribution in [1.29, 1.82) is 0 Å². The van der Waals surface area contributed by atoms with Crippen LogP contribution in [0.15, 0.2) is 52.9 Å². The Hall–Kier alpha value is -2.38. The average molecular weight is 383 g/mol. The molecule has 1 aliphatic heterocycles. The van der Waals surface area contributed by atoms with Crippen LogP contribution in [0.1, 0.15) is 12.0 Å². The summed E-state index contributed by atoms with van der Waals surface area (Å²) in [6, 6.07) is 15.7. The summed E-state index contributed by atoms with van der Waals surface area (Å²) in [5.41, 5.74) is 3.09. The summed E-state index contributed by atoms with van der Waals surface area (Å²) in [5.74, 6) is 0.837. The van der Waals surface area contributed by atoms with Gasteiger partial charge in [-0.2, -0.15) is 0 Å². The lowest BCUT2D eigenvalue weighted by Crippen LogP contribution is -2.23. The van der Waals surface area contributed by atoms with Gasteiger partial charge in [-0.05, 0) is 48.7 Å². The van der Waals surface area contributed by atoms with E-state index in [1.54, 1.807) is 7.11 Å². The van der Waals surface area contributed by atoms with E-state index < -0.39 is 0 Å². The minimum Gasteiger partial charge on any atom is -0.497 e. The van der Waals surface area contributed by atoms with Crippen LogP contribution in [0.4, 0.5) is 5.69 Å². The summed E-state index contributed by atoms with van der Waals surface area (Å²) in [6.07, 6.45) is 1.65. The molecule has 4 rings (SSSR count). The van der Waals surface area contributed by atoms with Crippen molar-refractivity contribution in [1.82, 2.24) is 10.2 Å². The van der Waals surface area contributed by atoms with Gasteiger partial charge in [-0.3, -0.25) is 4.79 Å². The molecule has 1 N–H and O–H groups in total. The molecule has 2 aromatic carbocycles. The highest BCUT2D eigenvalue weighted by molar-refractivity contribution is 8.02. The highest BCUT2D eigenvalue weighted by Gasteiger charge is 2.25. The molecule has 0 bridgehead atoms. The highest BCUT2D eigenvalue weighted by atomic mass is 32.2. The molecule has 1 amide bonds. The van der Waals surface area contributed by atoms with Gasteiger partial charge < -0.3 is 10.1 Å². The number of nitrogens with one attached hydrogen (secondary N) is 1. The fourth-order valence-corrected chi connectivity index (χ4v) is 4.93. The third-order valence-electron chi connectivity index (χ3n) is 4.23. The summed E-state index contributed by atoms with van der Waals surface area (Å²) >= 11 is 2.99. The molecule has 0 saturated heterocycles. The molecule has 0 saturated carbocycles. The predicted octanol–water partition coefficient (Wildman–Crippen LogP) is 4.26. The maximum absolute atomic E-state index is 12.5. The second-order valence-electron chi connectivity index (χ2n) is 5.89. The quantitative estimate of drug-likeness (QED) is 0.729. The van der Waals surface area contributed by atoms with E-state index >= 15 is 0 Å². The number of thioether (sulfide) groups is 1. The molecule has 26 heavy (non-hydrogen) atoms. The Labute approximate surface area is 159 Å². The number of aryl methyl sites for hydroxylation is 1. The van der Waals surface area contributed by atoms with Gasteiger partial charge in [0.15, 0.2) is 4.34 Å². The van der Waals surface area contributed by atoms with Gasteiger partial charge >= 0.3 is 0 Å². The molecule has 132 valence electrons. The first-order valence-electron chi connectivity index (χ1n) is 8.26. The molecule has 2 heterocycles. The maximum Gasteiger partial charge on any atom is 0.237 e. The van der Waals surface area contributed by atoms with E-state index in [-0.39, 0.29) is 11.2 Å². The number of benzene rings is 2. The Morgan fingerprint density at radius 1 is 1.15 bits per heavy atom. The number of hydrogen-bond donors (Lipinski definition) is 1. The lowest BCUT2D eigenvalue weighted by atomic mass is 10.1. The predicted molar refractivity (Wildman–Crippen MR) is 105 cm³/mol. The lowest BCUT2D eigenvalue weighted by Gasteiger charge is -2.10. The molecule has 7 heteroatoms. The van der Waals surface area contributed by atoms with Crippen molar-refractivity contribution >= 4 is 34.7 Å². The van der Waals surface area contributed by atoms with E-state index in [2.05, 4.69) is 21.6 Å². The van der Waals surface area contributed by atoms with Gasteiger partial charge in [-0.25, -0.2) is 0 Å². The lowest BCUT2D eigenvalue weighted by molar-refractivity contribution is -0.115. The van der Waals surface area contributed by atoms with E-state index in [4.69, 9.17) is 4.74 Å². The molecule has 5 nitrogen and oxygen atoms in total. The second-order valence-corrected chi connectivity index (χ2v) is 8.32. The van der Waals surface area contributed by atoms with Gasteiger partial charge in [0, 0.05) is 11.3 Å². The number of methoxy groups -OCH3 is 1. The molecule has 0 aliphatic carbocycles. The zero-order valence-electron chi connectivity index (χ0n) is 14.1. The first-order valence-corrected chi connectivity index (χ1v) is 9.96. The van der Waals surface area contributed by atoms with E-state index in [9.17, 15) is 4.79 Å². The van der Waals surface area contributed by atoms with Gasteiger partial charge in [0.25, 0.3) is 0 Å². The number of aromatic nitrogens is 2. The van der Waals surface area contributed by atoms with Crippen molar-refractivity contribution in [2.75, 3.05) is 12.4 Å². The normalized spacial score (nSPS) is 16.5. The third kappa shape index (κ3) is 3.59. The Kier molecular flexibility index (Phi) is 4.90. The minimum absolute atomic E-state index is 0.0288. The van der Waals surface area contributed by atoms with Gasteiger partial charge in [0.05, 0.1) is 12.4 Å². The van der Waals surface area contributed by atoms with Crippen molar-refractivity contribution in [3.63, 3.8) is 0 Å². The summed E-state index contributed by atoms with van der Waals surface area (Å²) in [4.78, 5) is 12.5. The van der Waals surface area contributed by atoms with Crippen LogP contribution in [0.5, 0.6) is 5.75 Å². The molecular weight excluding hydrogens is 366 g/mol. The standard InChI is InChI=1S/C19H17N3O2S2/c1-24-14-9-6-13(7-10-14)18-21-22-19(26-18)25-16-11-8-12-4-2-3-5-15(12)20-17(16)23/h2-7,9-10,16H,8,11H2,1H3,(H,20,23)/t16-/m0/s1. The van der Waals surface area contributed by atoms with Crippen molar-refractivity contribution < 1.29 is 9.53 Å². The fourth-order valence-electron chi connectivity index (χ4n) is 2.83. The summed E-state index contributed by atoms with van der Waals surface area (Å²) in [5, 5.41) is 12.2. The van der Waals surface area contributed by atoms with E-state index in [0.717, 1.165) is 39.2 Å². The zero-order valence-corrected chi connectivity index (χ0v) is 15.8. The summed E-state index contributed by atoms with van der Waals surface area (Å²) in [6.45, 7) is 0. The van der Waals surface area contributed by atoms with Crippen LogP contribution in [-0.2, 0) is 11.2 Å². The van der Waals surface area contributed by atoms with E-state index in [0.29, 0.717) is 0 Å². The molecule has 0 spiro atoms. The van der Waals surface area contributed by atoms with Crippen LogP contribution in [-0.4, -0.2) is 28.5 Å². The molecule has 0 radical (unpaired) electrons. The maximum atomic E-state index is 12.5. The number of ether oxygens (including phenoxy) is 1. The van der Waals surface area contributed by atoms with Crippen LogP contribution in [0.3, 0.4) is 0 Å². The monoisotopic (exact) mass is 383 g/mol. The van der Waals surface area contributed by atoms with Gasteiger partial charge in [0.1, 0.15) is 10.8 Å². The molecule has 1 atom stereocenters. The number of fused-ring (bicyclic) bond motifs is 1. The molecule has 1 aromatic heterocycles. The summed E-state index contributed by atoms with van der Waals surface area (Å²) < 4.78 is 5.99. The number of amides is 1. The number of para-hydroxylation sites is 1. The zero-order chi connectivity index (χ0) is 17.9. The number of carbonyl (C=O) groups excluding carboxylic acids is 1. The first-order chi connectivity index (χ1) is 12.7. The largest absolute Gasteiger partial charge is 0.497 e. The van der Waals surface area contributed by atoms with Crippen molar-refractivity contribution in [2.45, 2.75) is 22.4 Å². The topological polar surface area (TPSA) is 64.1 Å². The highest BCUT2D eigenvalue weighted by Crippen LogP contribution is 2.35. The van der Waals surface area contributed by atoms with Crippen LogP contribution in [0, 0.1) is 0 Å². The van der Waals surface area contributed by atoms with Crippen molar-refractivity contribution in [3.8, 4) is 16.3 Å². The van der Waals surface area contributed by atoms with Crippen LogP contribution < -0.4 is 10.1 Å². The van der Waals surface area contributed by atoms with Gasteiger partial charge in [-0.15, -0.1) is 10.2 Å². The number of anilines is 1. The molecule has 0 unspecified atom stereocenters. The number of nitrogens with zero attached hydrogens (tertiary/aromatic N) is 2. The van der Waals surface area contributed by atoms with E-state index in [1.807, 2.05) is 42.5 Å². The number of rotatable bonds is 4. The number of carbonyl (C=O) groups is 1. The Bertz CT molecular complexity index is 925. The molecular formula is C19H17N3O2S2.